The zero-order chi connectivity index (χ0) is 11.3. The van der Waals surface area contributed by atoms with Crippen molar-refractivity contribution in [2.45, 2.75) is 12.5 Å². The first-order chi connectivity index (χ1) is 7.64. The molecule has 2 aliphatic rings. The van der Waals surface area contributed by atoms with Crippen molar-refractivity contribution in [3.05, 3.63) is 48.0 Å². The number of benzene rings is 1. The summed E-state index contributed by atoms with van der Waals surface area (Å²) in [6, 6.07) is 7.89. The number of nitrogens with zero attached hydrogens (tertiary/aromatic N) is 1. The van der Waals surface area contributed by atoms with E-state index in [9.17, 15) is 4.79 Å². The molecule has 0 saturated carbocycles. The summed E-state index contributed by atoms with van der Waals surface area (Å²) in [5.74, 6) is -0.113. The molecule has 3 rings (SSSR count). The summed E-state index contributed by atoms with van der Waals surface area (Å²) in [4.78, 5) is 13.3. The Morgan fingerprint density at radius 1 is 1.35 bits per heavy atom. The van der Waals surface area contributed by atoms with Crippen LogP contribution >= 0.6 is 0 Å². The third-order valence-electron chi connectivity index (χ3n) is 3.40. The smallest absolute Gasteiger partial charge is 0.338 e. The van der Waals surface area contributed by atoms with E-state index in [1.807, 2.05) is 37.3 Å². The molecule has 0 aromatic heterocycles. The summed E-state index contributed by atoms with van der Waals surface area (Å²) in [6.07, 6.45) is 5.08. The Labute approximate surface area is 143 Å². The van der Waals surface area contributed by atoms with E-state index < -0.39 is 5.54 Å². The van der Waals surface area contributed by atoms with E-state index in [4.69, 9.17) is 5.41 Å². The Kier molecular flexibility index (Phi) is 3.35. The molecule has 1 unspecified atom stereocenters. The molecule has 0 spiro atoms. The van der Waals surface area contributed by atoms with Crippen molar-refractivity contribution in [1.82, 2.24) is 4.90 Å². The third kappa shape index (κ3) is 1.67. The first-order valence-corrected chi connectivity index (χ1v) is 5.19. The number of fused-ring (bicyclic) bond motifs is 3. The molecule has 1 N–H and O–H groups in total. The molecule has 1 atom stereocenters. The van der Waals surface area contributed by atoms with Crippen LogP contribution in [0.25, 0.3) is 6.08 Å². The molecule has 3 nitrogen and oxygen atoms in total. The Bertz CT molecular complexity index is 538. The monoisotopic (exact) mass is 250 g/mol. The molecule has 1 fully saturated rings. The van der Waals surface area contributed by atoms with Crippen LogP contribution in [0.3, 0.4) is 0 Å². The molecule has 4 heteroatoms. The van der Waals surface area contributed by atoms with Gasteiger partial charge in [0.2, 0.25) is 0 Å². The fourth-order valence-electron chi connectivity index (χ4n) is 2.42. The van der Waals surface area contributed by atoms with Crippen molar-refractivity contribution in [2.75, 3.05) is 0 Å². The van der Waals surface area contributed by atoms with Gasteiger partial charge >= 0.3 is 51.4 Å². The Balaban J connectivity index is 0.00000108. The van der Waals surface area contributed by atoms with Gasteiger partial charge < -0.3 is 15.1 Å². The van der Waals surface area contributed by atoms with E-state index in [1.54, 1.807) is 11.1 Å². The average molecular weight is 250 g/mol. The van der Waals surface area contributed by atoms with Crippen molar-refractivity contribution in [1.29, 1.82) is 5.41 Å². The molecule has 1 saturated heterocycles. The fourth-order valence-corrected chi connectivity index (χ4v) is 2.42. The molecular formula is C13H11KN2O. The number of hydrogen-bond acceptors (Lipinski definition) is 2. The summed E-state index contributed by atoms with van der Waals surface area (Å²) in [5, 5.41) is 7.98. The molecule has 80 valence electrons. The minimum absolute atomic E-state index is 0. The van der Waals surface area contributed by atoms with Crippen LogP contribution in [0.1, 0.15) is 18.1 Å². The first-order valence-electron chi connectivity index (χ1n) is 5.19. The van der Waals surface area contributed by atoms with Gasteiger partial charge in [-0.2, -0.15) is 0 Å². The van der Waals surface area contributed by atoms with Gasteiger partial charge in [-0.1, -0.05) is 30.0 Å². The number of hydrogen-bond donors (Lipinski definition) is 1. The largest absolute Gasteiger partial charge is 1.00 e. The summed E-state index contributed by atoms with van der Waals surface area (Å²) in [5.41, 5.74) is 1.83. The van der Waals surface area contributed by atoms with Gasteiger partial charge in [0.25, 0.3) is 0 Å². The van der Waals surface area contributed by atoms with Gasteiger partial charge in [0.15, 0.2) is 0 Å². The van der Waals surface area contributed by atoms with Crippen molar-refractivity contribution in [3.8, 4) is 0 Å². The standard InChI is InChI=1S/C13H11N2O.K/c1-13-10-5-3-2-4-9(10)6-7-15(13)12(16)8-11(13)14;/h2-8,14H,1H3;/q-1;+1. The minimum Gasteiger partial charge on any atom is -0.338 e. The van der Waals surface area contributed by atoms with Crippen molar-refractivity contribution < 1.29 is 56.2 Å². The second-order valence-electron chi connectivity index (χ2n) is 4.24. The summed E-state index contributed by atoms with van der Waals surface area (Å²) >= 11 is 0. The van der Waals surface area contributed by atoms with Crippen LogP contribution in [0.5, 0.6) is 0 Å². The van der Waals surface area contributed by atoms with E-state index in [0.29, 0.717) is 5.71 Å². The quantitative estimate of drug-likeness (QED) is 0.464. The molecular weight excluding hydrogens is 239 g/mol. The van der Waals surface area contributed by atoms with Crippen LogP contribution in [0.15, 0.2) is 30.5 Å². The molecule has 1 amide bonds. The van der Waals surface area contributed by atoms with E-state index in [0.717, 1.165) is 11.1 Å². The van der Waals surface area contributed by atoms with E-state index in [-0.39, 0.29) is 57.3 Å². The van der Waals surface area contributed by atoms with Crippen LogP contribution in [0.2, 0.25) is 0 Å². The third-order valence-corrected chi connectivity index (χ3v) is 3.40. The Hall–Kier alpha value is -0.394. The summed E-state index contributed by atoms with van der Waals surface area (Å²) in [6.45, 7) is 1.92. The number of carbonyl (C=O) groups excluding carboxylic acids is 1. The second kappa shape index (κ2) is 4.37. The van der Waals surface area contributed by atoms with Gasteiger partial charge in [0.05, 0.1) is 11.4 Å². The average Bonchev–Trinajstić information content (AvgIpc) is 2.51. The minimum atomic E-state index is -0.623. The molecule has 1 aromatic rings. The number of carbonyl (C=O) groups is 1. The molecule has 0 bridgehead atoms. The SMILES string of the molecule is CC12C(=N)[CH-]C(=O)N1C=Cc1ccccc12.[K+]. The summed E-state index contributed by atoms with van der Waals surface area (Å²) in [7, 11) is 0. The van der Waals surface area contributed by atoms with Crippen LogP contribution in [0, 0.1) is 11.8 Å². The van der Waals surface area contributed by atoms with Gasteiger partial charge in [-0.3, -0.25) is 6.42 Å². The van der Waals surface area contributed by atoms with E-state index in [1.165, 1.54) is 6.42 Å². The Morgan fingerprint density at radius 2 is 2.06 bits per heavy atom. The van der Waals surface area contributed by atoms with Crippen molar-refractivity contribution in [3.63, 3.8) is 0 Å². The molecule has 0 radical (unpaired) electrons. The molecule has 2 aliphatic heterocycles. The zero-order valence-corrected chi connectivity index (χ0v) is 13.0. The topological polar surface area (TPSA) is 44.2 Å². The van der Waals surface area contributed by atoms with Gasteiger partial charge in [0, 0.05) is 6.20 Å². The second-order valence-corrected chi connectivity index (χ2v) is 4.24. The predicted octanol–water partition coefficient (Wildman–Crippen LogP) is -1.04. The van der Waals surface area contributed by atoms with Crippen molar-refractivity contribution in [2.24, 2.45) is 0 Å². The predicted molar refractivity (Wildman–Crippen MR) is 61.7 cm³/mol. The van der Waals surface area contributed by atoms with E-state index in [2.05, 4.69) is 0 Å². The van der Waals surface area contributed by atoms with Gasteiger partial charge in [0.1, 0.15) is 0 Å². The van der Waals surface area contributed by atoms with Crippen LogP contribution < -0.4 is 51.4 Å². The number of nitrogens with one attached hydrogen (secondary N) is 1. The Morgan fingerprint density at radius 3 is 2.82 bits per heavy atom. The van der Waals surface area contributed by atoms with Crippen LogP contribution in [-0.4, -0.2) is 16.5 Å². The molecule has 17 heavy (non-hydrogen) atoms. The molecule has 2 heterocycles. The molecule has 1 aromatic carbocycles. The maximum atomic E-state index is 11.7. The number of rotatable bonds is 0. The van der Waals surface area contributed by atoms with Gasteiger partial charge in [-0.15, -0.1) is 0 Å². The molecule has 0 aliphatic carbocycles. The van der Waals surface area contributed by atoms with Gasteiger partial charge in [-0.05, 0) is 24.1 Å². The number of amides is 1. The van der Waals surface area contributed by atoms with Crippen LogP contribution in [-0.2, 0) is 10.3 Å². The fraction of sp³-hybridized carbons (Fsp3) is 0.154. The normalized spacial score (nSPS) is 24.9. The van der Waals surface area contributed by atoms with E-state index >= 15 is 0 Å². The van der Waals surface area contributed by atoms with Crippen molar-refractivity contribution >= 4 is 17.7 Å². The summed E-state index contributed by atoms with van der Waals surface area (Å²) < 4.78 is 0. The zero-order valence-electron chi connectivity index (χ0n) is 9.90. The van der Waals surface area contributed by atoms with Gasteiger partial charge in [-0.25, -0.2) is 0 Å². The van der Waals surface area contributed by atoms with Crippen LogP contribution in [0.4, 0.5) is 0 Å². The maximum absolute atomic E-state index is 11.7. The maximum Gasteiger partial charge on any atom is 1.00 e. The first kappa shape index (κ1) is 13.0.